The van der Waals surface area contributed by atoms with Crippen molar-refractivity contribution in [1.29, 1.82) is 0 Å². The Hall–Kier alpha value is -2.18. The van der Waals surface area contributed by atoms with E-state index in [0.29, 0.717) is 24.4 Å². The lowest BCUT2D eigenvalue weighted by Gasteiger charge is -2.05. The number of hydrogen-bond donors (Lipinski definition) is 1. The number of benzene rings is 1. The molecule has 0 radical (unpaired) electrons. The third-order valence-corrected chi connectivity index (χ3v) is 4.34. The van der Waals surface area contributed by atoms with Gasteiger partial charge in [-0.15, -0.1) is 11.3 Å². The van der Waals surface area contributed by atoms with Crippen molar-refractivity contribution in [3.63, 3.8) is 0 Å². The van der Waals surface area contributed by atoms with E-state index in [1.165, 1.54) is 4.88 Å². The van der Waals surface area contributed by atoms with Crippen molar-refractivity contribution in [3.05, 3.63) is 52.5 Å². The average Bonchev–Trinajstić information content (AvgIpc) is 3.25. The van der Waals surface area contributed by atoms with E-state index in [1.54, 1.807) is 11.3 Å². The van der Waals surface area contributed by atoms with E-state index >= 15 is 0 Å². The van der Waals surface area contributed by atoms with Crippen LogP contribution in [0.1, 0.15) is 17.6 Å². The van der Waals surface area contributed by atoms with Gasteiger partial charge in [-0.3, -0.25) is 0 Å². The Morgan fingerprint density at radius 2 is 2.22 bits per heavy atom. The lowest BCUT2D eigenvalue weighted by molar-refractivity contribution is 0.310. The number of hydrogen-bond acceptors (Lipinski definition) is 6. The summed E-state index contributed by atoms with van der Waals surface area (Å²) in [5, 5.41) is 9.24. The van der Waals surface area contributed by atoms with Gasteiger partial charge < -0.3 is 14.6 Å². The highest BCUT2D eigenvalue weighted by atomic mass is 32.1. The number of nitrogens with one attached hydrogen (secondary N) is 1. The largest absolute Gasteiger partial charge is 0.488 e. The van der Waals surface area contributed by atoms with Gasteiger partial charge in [0, 0.05) is 22.9 Å². The first-order valence-corrected chi connectivity index (χ1v) is 8.38. The quantitative estimate of drug-likeness (QED) is 0.718. The maximum Gasteiger partial charge on any atom is 0.258 e. The number of aromatic nitrogens is 2. The molecule has 0 aliphatic rings. The molecule has 1 unspecified atom stereocenters. The number of rotatable bonds is 7. The molecule has 3 aromatic rings. The van der Waals surface area contributed by atoms with Crippen LogP contribution in [0.25, 0.3) is 11.5 Å². The number of likely N-dealkylation sites (N-methyl/N-ethyl adjacent to an activating group) is 1. The van der Waals surface area contributed by atoms with Crippen LogP contribution in [0.3, 0.4) is 0 Å². The van der Waals surface area contributed by atoms with Crippen LogP contribution in [0.2, 0.25) is 0 Å². The molecule has 2 heterocycles. The fourth-order valence-corrected chi connectivity index (χ4v) is 2.71. The Bertz CT molecular complexity index is 740. The maximum atomic E-state index is 5.81. The summed E-state index contributed by atoms with van der Waals surface area (Å²) in [6.45, 7) is 2.64. The maximum absolute atomic E-state index is 5.81. The summed E-state index contributed by atoms with van der Waals surface area (Å²) in [5.74, 6) is 2.01. The molecule has 0 saturated heterocycles. The zero-order valence-electron chi connectivity index (χ0n) is 13.2. The Morgan fingerprint density at radius 3 is 3.00 bits per heavy atom. The van der Waals surface area contributed by atoms with Crippen molar-refractivity contribution in [3.8, 4) is 17.2 Å². The van der Waals surface area contributed by atoms with E-state index in [-0.39, 0.29) is 0 Å². The number of nitrogens with zero attached hydrogens (tertiary/aromatic N) is 2. The molecule has 1 aromatic carbocycles. The first-order chi connectivity index (χ1) is 11.2. The second kappa shape index (κ2) is 7.39. The van der Waals surface area contributed by atoms with Crippen LogP contribution in [0.5, 0.6) is 5.75 Å². The van der Waals surface area contributed by atoms with Crippen LogP contribution >= 0.6 is 11.3 Å². The lowest BCUT2D eigenvalue weighted by Crippen LogP contribution is -2.24. The molecule has 0 saturated carbocycles. The highest BCUT2D eigenvalue weighted by Gasteiger charge is 2.11. The molecule has 0 bridgehead atoms. The molecule has 0 aliphatic heterocycles. The summed E-state index contributed by atoms with van der Waals surface area (Å²) in [4.78, 5) is 5.64. The van der Waals surface area contributed by atoms with Crippen molar-refractivity contribution in [2.75, 3.05) is 7.05 Å². The third-order valence-electron chi connectivity index (χ3n) is 3.49. The second-order valence-electron chi connectivity index (χ2n) is 5.31. The predicted molar refractivity (Wildman–Crippen MR) is 90.6 cm³/mol. The normalized spacial score (nSPS) is 12.3. The smallest absolute Gasteiger partial charge is 0.258 e. The van der Waals surface area contributed by atoms with E-state index in [9.17, 15) is 0 Å². The molecular formula is C17H19N3O2S. The number of ether oxygens (including phenoxy) is 1. The van der Waals surface area contributed by atoms with Crippen LogP contribution in [-0.4, -0.2) is 23.2 Å². The van der Waals surface area contributed by atoms with Crippen molar-refractivity contribution in [2.45, 2.75) is 26.0 Å². The molecule has 3 rings (SSSR count). The molecule has 1 atom stereocenters. The van der Waals surface area contributed by atoms with Gasteiger partial charge in [-0.2, -0.15) is 4.98 Å². The zero-order valence-corrected chi connectivity index (χ0v) is 14.0. The van der Waals surface area contributed by atoms with Gasteiger partial charge in [0.05, 0.1) is 0 Å². The van der Waals surface area contributed by atoms with Crippen LogP contribution in [0.4, 0.5) is 0 Å². The van der Waals surface area contributed by atoms with E-state index in [0.717, 1.165) is 17.7 Å². The SMILES string of the molecule is CNC(C)Cc1noc(-c2cccc(OCc3cccs3)c2)n1. The predicted octanol–water partition coefficient (Wildman–Crippen LogP) is 3.53. The van der Waals surface area contributed by atoms with E-state index in [4.69, 9.17) is 9.26 Å². The van der Waals surface area contributed by atoms with E-state index < -0.39 is 0 Å². The summed E-state index contributed by atoms with van der Waals surface area (Å²) in [5.41, 5.74) is 0.865. The minimum Gasteiger partial charge on any atom is -0.488 e. The summed E-state index contributed by atoms with van der Waals surface area (Å²) in [7, 11) is 1.92. The molecule has 1 N–H and O–H groups in total. The van der Waals surface area contributed by atoms with Crippen molar-refractivity contribution in [2.24, 2.45) is 0 Å². The average molecular weight is 329 g/mol. The van der Waals surface area contributed by atoms with Gasteiger partial charge in [0.2, 0.25) is 0 Å². The molecule has 0 fully saturated rings. The van der Waals surface area contributed by atoms with Gasteiger partial charge in [0.25, 0.3) is 5.89 Å². The molecule has 0 amide bonds. The third kappa shape index (κ3) is 4.18. The minimum absolute atomic E-state index is 0.306. The standard InChI is InChI=1S/C17H19N3O2S/c1-12(18-2)9-16-19-17(22-20-16)13-5-3-6-14(10-13)21-11-15-7-4-8-23-15/h3-8,10,12,18H,9,11H2,1-2H3. The molecule has 120 valence electrons. The highest BCUT2D eigenvalue weighted by Crippen LogP contribution is 2.23. The first-order valence-electron chi connectivity index (χ1n) is 7.50. The van der Waals surface area contributed by atoms with Gasteiger partial charge >= 0.3 is 0 Å². The highest BCUT2D eigenvalue weighted by molar-refractivity contribution is 7.09. The van der Waals surface area contributed by atoms with Gasteiger partial charge in [-0.25, -0.2) is 0 Å². The monoisotopic (exact) mass is 329 g/mol. The van der Waals surface area contributed by atoms with Crippen molar-refractivity contribution < 1.29 is 9.26 Å². The van der Waals surface area contributed by atoms with Crippen molar-refractivity contribution >= 4 is 11.3 Å². The van der Waals surface area contributed by atoms with Gasteiger partial charge in [0.15, 0.2) is 5.82 Å². The van der Waals surface area contributed by atoms with Crippen LogP contribution in [0, 0.1) is 0 Å². The van der Waals surface area contributed by atoms with Gasteiger partial charge in [0.1, 0.15) is 12.4 Å². The summed E-state index contributed by atoms with van der Waals surface area (Å²) in [6, 6.07) is 12.1. The molecule has 5 nitrogen and oxygen atoms in total. The topological polar surface area (TPSA) is 60.2 Å². The molecule has 0 aliphatic carbocycles. The van der Waals surface area contributed by atoms with E-state index in [1.807, 2.05) is 42.8 Å². The fraction of sp³-hybridized carbons (Fsp3) is 0.294. The zero-order chi connectivity index (χ0) is 16.1. The van der Waals surface area contributed by atoms with Gasteiger partial charge in [-0.1, -0.05) is 17.3 Å². The van der Waals surface area contributed by atoms with Crippen LogP contribution < -0.4 is 10.1 Å². The summed E-state index contributed by atoms with van der Waals surface area (Å²) >= 11 is 1.68. The Morgan fingerprint density at radius 1 is 1.30 bits per heavy atom. The fourth-order valence-electron chi connectivity index (χ4n) is 2.10. The number of thiophene rings is 1. The minimum atomic E-state index is 0.306. The Labute approximate surface area is 139 Å². The first kappa shape index (κ1) is 15.7. The molecule has 2 aromatic heterocycles. The molecular weight excluding hydrogens is 310 g/mol. The van der Waals surface area contributed by atoms with Crippen LogP contribution in [0.15, 0.2) is 46.3 Å². The second-order valence-corrected chi connectivity index (χ2v) is 6.34. The molecule has 0 spiro atoms. The summed E-state index contributed by atoms with van der Waals surface area (Å²) in [6.07, 6.45) is 0.731. The van der Waals surface area contributed by atoms with E-state index in [2.05, 4.69) is 28.4 Å². The Balaban J connectivity index is 1.69. The molecule has 23 heavy (non-hydrogen) atoms. The Kier molecular flexibility index (Phi) is 5.05. The molecule has 6 heteroatoms. The van der Waals surface area contributed by atoms with Crippen LogP contribution in [-0.2, 0) is 13.0 Å². The lowest BCUT2D eigenvalue weighted by atomic mass is 10.2. The summed E-state index contributed by atoms with van der Waals surface area (Å²) < 4.78 is 11.2. The van der Waals surface area contributed by atoms with Crippen molar-refractivity contribution in [1.82, 2.24) is 15.5 Å². The van der Waals surface area contributed by atoms with Gasteiger partial charge in [-0.05, 0) is 43.6 Å².